The molecule has 0 radical (unpaired) electrons. The molecule has 3 rings (SSSR count). The van der Waals surface area contributed by atoms with Crippen LogP contribution >= 0.6 is 0 Å². The van der Waals surface area contributed by atoms with Crippen LogP contribution in [0, 0.1) is 5.92 Å². The van der Waals surface area contributed by atoms with Crippen LogP contribution in [-0.4, -0.2) is 55.0 Å². The van der Waals surface area contributed by atoms with Gasteiger partial charge in [-0.25, -0.2) is 4.79 Å². The molecule has 0 spiro atoms. The summed E-state index contributed by atoms with van der Waals surface area (Å²) < 4.78 is 15.8. The number of carbonyl (C=O) groups excluding carboxylic acids is 4. The lowest BCUT2D eigenvalue weighted by molar-refractivity contribution is -0.157. The van der Waals surface area contributed by atoms with E-state index in [9.17, 15) is 19.2 Å². The molecule has 0 aromatic heterocycles. The third-order valence-electron chi connectivity index (χ3n) is 5.42. The number of anilines is 1. The smallest absolute Gasteiger partial charge is 0.330 e. The normalized spacial score (nSPS) is 14.5. The minimum atomic E-state index is -1.18. The number of hydrogen-bond acceptors (Lipinski definition) is 7. The Morgan fingerprint density at radius 1 is 0.912 bits per heavy atom. The number of fused-ring (bicyclic) bond motifs is 1. The molecule has 1 aliphatic rings. The van der Waals surface area contributed by atoms with Crippen molar-refractivity contribution in [2.24, 2.45) is 5.92 Å². The van der Waals surface area contributed by atoms with Gasteiger partial charge >= 0.3 is 5.97 Å². The van der Waals surface area contributed by atoms with Gasteiger partial charge < -0.3 is 19.5 Å². The van der Waals surface area contributed by atoms with Crippen molar-refractivity contribution in [2.75, 3.05) is 19.5 Å². The number of methoxy groups -OCH3 is 2. The summed E-state index contributed by atoms with van der Waals surface area (Å²) in [5, 5.41) is 2.65. The lowest BCUT2D eigenvalue weighted by atomic mass is 10.0. The first-order valence-corrected chi connectivity index (χ1v) is 10.9. The Kier molecular flexibility index (Phi) is 7.55. The van der Waals surface area contributed by atoms with Crippen molar-refractivity contribution in [2.45, 2.75) is 39.3 Å². The first kappa shape index (κ1) is 24.8. The number of imide groups is 1. The fourth-order valence-corrected chi connectivity index (χ4v) is 3.71. The van der Waals surface area contributed by atoms with Gasteiger partial charge in [-0.05, 0) is 43.5 Å². The number of hydrogen-bond donors (Lipinski definition) is 1. The predicted molar refractivity (Wildman–Crippen MR) is 124 cm³/mol. The highest BCUT2D eigenvalue weighted by Crippen LogP contribution is 2.30. The zero-order valence-corrected chi connectivity index (χ0v) is 19.8. The van der Waals surface area contributed by atoms with Crippen molar-refractivity contribution in [3.05, 3.63) is 53.6 Å². The summed E-state index contributed by atoms with van der Waals surface area (Å²) in [6.45, 7) is 5.15. The fourth-order valence-electron chi connectivity index (χ4n) is 3.71. The van der Waals surface area contributed by atoms with Crippen molar-refractivity contribution in [1.82, 2.24) is 4.90 Å². The van der Waals surface area contributed by atoms with Gasteiger partial charge in [-0.15, -0.1) is 0 Å². The van der Waals surface area contributed by atoms with Gasteiger partial charge in [0.25, 0.3) is 17.7 Å². The molecule has 9 heteroatoms. The maximum atomic E-state index is 13.1. The molecule has 0 saturated heterocycles. The maximum absolute atomic E-state index is 13.1. The number of esters is 1. The Balaban J connectivity index is 1.74. The van der Waals surface area contributed by atoms with Crippen LogP contribution in [0.15, 0.2) is 42.5 Å². The molecule has 0 fully saturated rings. The highest BCUT2D eigenvalue weighted by molar-refractivity contribution is 6.22. The summed E-state index contributed by atoms with van der Waals surface area (Å²) in [5.74, 6) is -1.59. The second-order valence-corrected chi connectivity index (χ2v) is 8.31. The van der Waals surface area contributed by atoms with Crippen LogP contribution in [0.4, 0.5) is 5.69 Å². The summed E-state index contributed by atoms with van der Waals surface area (Å²) in [6.07, 6.45) is -0.973. The molecule has 34 heavy (non-hydrogen) atoms. The minimum Gasteiger partial charge on any atom is -0.493 e. The Labute approximate surface area is 198 Å². The van der Waals surface area contributed by atoms with E-state index in [1.54, 1.807) is 42.5 Å². The van der Waals surface area contributed by atoms with Crippen molar-refractivity contribution in [3.63, 3.8) is 0 Å². The summed E-state index contributed by atoms with van der Waals surface area (Å²) in [4.78, 5) is 52.5. The van der Waals surface area contributed by atoms with Gasteiger partial charge in [0, 0.05) is 11.8 Å². The number of nitrogens with one attached hydrogen (secondary N) is 1. The van der Waals surface area contributed by atoms with Crippen LogP contribution in [0.2, 0.25) is 0 Å². The number of carbonyl (C=O) groups is 4. The predicted octanol–water partition coefficient (Wildman–Crippen LogP) is 3.28. The molecular formula is C25H28N2O7. The molecule has 0 bridgehead atoms. The van der Waals surface area contributed by atoms with E-state index in [-0.39, 0.29) is 23.5 Å². The average Bonchev–Trinajstić information content (AvgIpc) is 3.07. The molecule has 2 aromatic carbocycles. The monoisotopic (exact) mass is 468 g/mol. The molecule has 3 amide bonds. The molecular weight excluding hydrogens is 440 g/mol. The third kappa shape index (κ3) is 5.03. The van der Waals surface area contributed by atoms with E-state index in [0.29, 0.717) is 17.2 Å². The van der Waals surface area contributed by atoms with Crippen LogP contribution in [0.25, 0.3) is 0 Å². The van der Waals surface area contributed by atoms with Crippen LogP contribution in [0.3, 0.4) is 0 Å². The molecule has 1 heterocycles. The second-order valence-electron chi connectivity index (χ2n) is 8.31. The highest BCUT2D eigenvalue weighted by Gasteiger charge is 2.44. The molecule has 0 saturated carbocycles. The van der Waals surface area contributed by atoms with Gasteiger partial charge in [0.1, 0.15) is 6.04 Å². The number of nitrogens with zero attached hydrogens (tertiary/aromatic N) is 1. The number of benzene rings is 2. The van der Waals surface area contributed by atoms with Gasteiger partial charge in [0.2, 0.25) is 0 Å². The van der Waals surface area contributed by atoms with Crippen LogP contribution in [-0.2, 0) is 14.3 Å². The molecule has 9 nitrogen and oxygen atoms in total. The van der Waals surface area contributed by atoms with Crippen LogP contribution < -0.4 is 14.8 Å². The molecule has 1 aliphatic heterocycles. The topological polar surface area (TPSA) is 111 Å². The standard InChI is InChI=1S/C25H28N2O7/c1-14(2)12-19(27-23(29)17-8-6-7-9-18(17)24(27)30)25(31)34-15(3)22(28)26-16-10-11-20(32-4)21(13-16)33-5/h6-11,13-15,19H,12H2,1-5H3,(H,26,28)/t15-,19+/m0/s1. The van der Waals surface area contributed by atoms with E-state index in [1.165, 1.54) is 21.1 Å². The van der Waals surface area contributed by atoms with E-state index in [1.807, 2.05) is 13.8 Å². The van der Waals surface area contributed by atoms with Gasteiger partial charge in [0.15, 0.2) is 17.6 Å². The van der Waals surface area contributed by atoms with Crippen molar-refractivity contribution in [1.29, 1.82) is 0 Å². The van der Waals surface area contributed by atoms with Crippen LogP contribution in [0.1, 0.15) is 47.9 Å². The molecule has 2 aromatic rings. The first-order valence-electron chi connectivity index (χ1n) is 10.9. The van der Waals surface area contributed by atoms with Crippen molar-refractivity contribution >= 4 is 29.4 Å². The SMILES string of the molecule is COc1ccc(NC(=O)[C@H](C)OC(=O)[C@@H](CC(C)C)N2C(=O)c3ccccc3C2=O)cc1OC. The van der Waals surface area contributed by atoms with E-state index < -0.39 is 35.8 Å². The maximum Gasteiger partial charge on any atom is 0.330 e. The number of rotatable bonds is 9. The molecule has 2 atom stereocenters. The van der Waals surface area contributed by atoms with Crippen molar-refractivity contribution in [3.8, 4) is 11.5 Å². The Bertz CT molecular complexity index is 1080. The fraction of sp³-hybridized carbons (Fsp3) is 0.360. The summed E-state index contributed by atoms with van der Waals surface area (Å²) in [6, 6.07) is 10.1. The quantitative estimate of drug-likeness (QED) is 0.444. The molecule has 0 unspecified atom stereocenters. The first-order chi connectivity index (χ1) is 16.2. The van der Waals surface area contributed by atoms with Crippen molar-refractivity contribution < 1.29 is 33.4 Å². The van der Waals surface area contributed by atoms with Gasteiger partial charge in [-0.2, -0.15) is 0 Å². The molecule has 180 valence electrons. The third-order valence-corrected chi connectivity index (χ3v) is 5.42. The van der Waals surface area contributed by atoms with Gasteiger partial charge in [0.05, 0.1) is 25.3 Å². The number of ether oxygens (including phenoxy) is 3. The second kappa shape index (κ2) is 10.4. The highest BCUT2D eigenvalue weighted by atomic mass is 16.5. The van der Waals surface area contributed by atoms with Gasteiger partial charge in [-0.1, -0.05) is 26.0 Å². The van der Waals surface area contributed by atoms with E-state index >= 15 is 0 Å². The minimum absolute atomic E-state index is 0.0160. The average molecular weight is 469 g/mol. The Hall–Kier alpha value is -3.88. The zero-order chi connectivity index (χ0) is 25.0. The summed E-state index contributed by atoms with van der Waals surface area (Å²) >= 11 is 0. The van der Waals surface area contributed by atoms with Gasteiger partial charge in [-0.3, -0.25) is 19.3 Å². The summed E-state index contributed by atoms with van der Waals surface area (Å²) in [5.41, 5.74) is 0.909. The Morgan fingerprint density at radius 3 is 2.03 bits per heavy atom. The summed E-state index contributed by atoms with van der Waals surface area (Å²) in [7, 11) is 2.97. The zero-order valence-electron chi connectivity index (χ0n) is 19.8. The molecule has 0 aliphatic carbocycles. The van der Waals surface area contributed by atoms with E-state index in [2.05, 4.69) is 5.32 Å². The van der Waals surface area contributed by atoms with Crippen LogP contribution in [0.5, 0.6) is 11.5 Å². The largest absolute Gasteiger partial charge is 0.493 e. The van der Waals surface area contributed by atoms with E-state index in [4.69, 9.17) is 14.2 Å². The lowest BCUT2D eigenvalue weighted by Gasteiger charge is -2.27. The molecule has 1 N–H and O–H groups in total. The lowest BCUT2D eigenvalue weighted by Crippen LogP contribution is -2.48. The van der Waals surface area contributed by atoms with E-state index in [0.717, 1.165) is 4.90 Å². The number of amides is 3. The Morgan fingerprint density at radius 2 is 1.50 bits per heavy atom.